The molecular formula is C26H20N2O. The zero-order chi connectivity index (χ0) is 19.8. The molecule has 0 atom stereocenters. The van der Waals surface area contributed by atoms with Crippen molar-refractivity contribution in [1.82, 2.24) is 10.2 Å². The number of rotatable bonds is 3. The van der Waals surface area contributed by atoms with Gasteiger partial charge in [0.05, 0.1) is 0 Å². The van der Waals surface area contributed by atoms with Gasteiger partial charge in [0.25, 0.3) is 0 Å². The number of nitrogens with zero attached hydrogens (tertiary/aromatic N) is 2. The average Bonchev–Trinajstić information content (AvgIpc) is 2.76. The van der Waals surface area contributed by atoms with Crippen molar-refractivity contribution >= 4 is 21.5 Å². The molecule has 4 aromatic carbocycles. The number of benzene rings is 4. The lowest BCUT2D eigenvalue weighted by Crippen LogP contribution is -1.96. The summed E-state index contributed by atoms with van der Waals surface area (Å²) >= 11 is 0. The van der Waals surface area contributed by atoms with Gasteiger partial charge in [-0.2, -0.15) is 0 Å². The number of aromatic nitrogens is 2. The summed E-state index contributed by atoms with van der Waals surface area (Å²) in [6, 6.07) is 28.8. The molecule has 0 spiro atoms. The van der Waals surface area contributed by atoms with Crippen molar-refractivity contribution in [3.63, 3.8) is 0 Å². The van der Waals surface area contributed by atoms with E-state index in [2.05, 4.69) is 66.5 Å². The first-order valence-corrected chi connectivity index (χ1v) is 9.69. The first kappa shape index (κ1) is 17.4. The van der Waals surface area contributed by atoms with Crippen LogP contribution >= 0.6 is 0 Å². The van der Waals surface area contributed by atoms with Crippen LogP contribution in [-0.2, 0) is 0 Å². The predicted molar refractivity (Wildman–Crippen MR) is 118 cm³/mol. The van der Waals surface area contributed by atoms with Crippen LogP contribution in [0.3, 0.4) is 0 Å². The van der Waals surface area contributed by atoms with E-state index in [1.54, 1.807) is 0 Å². The van der Waals surface area contributed by atoms with Gasteiger partial charge in [0.15, 0.2) is 0 Å². The maximum absolute atomic E-state index is 6.27. The Labute approximate surface area is 169 Å². The third-order valence-corrected chi connectivity index (χ3v) is 5.39. The molecule has 5 aromatic rings. The fourth-order valence-electron chi connectivity index (χ4n) is 3.65. The van der Waals surface area contributed by atoms with Gasteiger partial charge in [-0.3, -0.25) is 0 Å². The van der Waals surface area contributed by atoms with Crippen LogP contribution in [-0.4, -0.2) is 10.2 Å². The summed E-state index contributed by atoms with van der Waals surface area (Å²) in [6.07, 6.45) is 0. The van der Waals surface area contributed by atoms with Crippen LogP contribution in [0.25, 0.3) is 32.8 Å². The number of aryl methyl sites for hydroxylation is 2. The molecule has 0 aliphatic rings. The highest BCUT2D eigenvalue weighted by atomic mass is 16.5. The van der Waals surface area contributed by atoms with E-state index in [0.717, 1.165) is 38.6 Å². The number of hydrogen-bond donors (Lipinski definition) is 0. The predicted octanol–water partition coefficient (Wildman–Crippen LogP) is 6.86. The van der Waals surface area contributed by atoms with Crippen LogP contribution in [0.15, 0.2) is 84.9 Å². The first-order valence-electron chi connectivity index (χ1n) is 9.69. The highest BCUT2D eigenvalue weighted by Crippen LogP contribution is 2.35. The van der Waals surface area contributed by atoms with E-state index >= 15 is 0 Å². The molecule has 0 fully saturated rings. The Morgan fingerprint density at radius 1 is 0.621 bits per heavy atom. The van der Waals surface area contributed by atoms with Gasteiger partial charge in [0.2, 0.25) is 5.88 Å². The molecule has 140 valence electrons. The van der Waals surface area contributed by atoms with E-state index in [1.807, 2.05) is 42.5 Å². The molecule has 3 nitrogen and oxygen atoms in total. The summed E-state index contributed by atoms with van der Waals surface area (Å²) < 4.78 is 6.27. The molecule has 1 aromatic heterocycles. The molecule has 5 rings (SSSR count). The quantitative estimate of drug-likeness (QED) is 0.345. The summed E-state index contributed by atoms with van der Waals surface area (Å²) in [7, 11) is 0. The van der Waals surface area contributed by atoms with Crippen LogP contribution in [0.5, 0.6) is 11.6 Å². The van der Waals surface area contributed by atoms with Crippen molar-refractivity contribution in [2.24, 2.45) is 0 Å². The van der Waals surface area contributed by atoms with E-state index < -0.39 is 0 Å². The van der Waals surface area contributed by atoms with Gasteiger partial charge in [-0.1, -0.05) is 66.7 Å². The van der Waals surface area contributed by atoms with Gasteiger partial charge < -0.3 is 4.74 Å². The molecule has 0 amide bonds. The second-order valence-corrected chi connectivity index (χ2v) is 7.28. The van der Waals surface area contributed by atoms with Crippen molar-refractivity contribution < 1.29 is 4.74 Å². The Bertz CT molecular complexity index is 1350. The third-order valence-electron chi connectivity index (χ3n) is 5.39. The Morgan fingerprint density at radius 2 is 1.34 bits per heavy atom. The van der Waals surface area contributed by atoms with Crippen molar-refractivity contribution in [3.05, 3.63) is 96.1 Å². The van der Waals surface area contributed by atoms with Gasteiger partial charge in [0, 0.05) is 21.7 Å². The maximum Gasteiger partial charge on any atom is 0.246 e. The maximum atomic E-state index is 6.27. The fraction of sp³-hybridized carbons (Fsp3) is 0.0769. The lowest BCUT2D eigenvalue weighted by atomic mass is 10.0. The van der Waals surface area contributed by atoms with Gasteiger partial charge in [0.1, 0.15) is 11.4 Å². The van der Waals surface area contributed by atoms with Crippen LogP contribution in [0.1, 0.15) is 11.1 Å². The SMILES string of the molecule is Cc1ccc(-c2nnc(Oc3cccc4ccccc34)c3ccccc23)cc1C. The van der Waals surface area contributed by atoms with Crippen molar-refractivity contribution in [2.45, 2.75) is 13.8 Å². The zero-order valence-electron chi connectivity index (χ0n) is 16.4. The Balaban J connectivity index is 1.65. The van der Waals surface area contributed by atoms with Crippen LogP contribution < -0.4 is 4.74 Å². The lowest BCUT2D eigenvalue weighted by molar-refractivity contribution is 0.467. The largest absolute Gasteiger partial charge is 0.436 e. The lowest BCUT2D eigenvalue weighted by Gasteiger charge is -2.12. The Morgan fingerprint density at radius 3 is 2.17 bits per heavy atom. The van der Waals surface area contributed by atoms with Gasteiger partial charge >= 0.3 is 0 Å². The molecule has 3 heteroatoms. The van der Waals surface area contributed by atoms with E-state index in [4.69, 9.17) is 4.74 Å². The van der Waals surface area contributed by atoms with Crippen LogP contribution in [0.4, 0.5) is 0 Å². The Kier molecular flexibility index (Phi) is 4.21. The standard InChI is InChI=1S/C26H20N2O/c1-17-14-15-20(16-18(17)2)25-22-11-5-6-12-23(22)26(28-27-25)29-24-13-7-9-19-8-3-4-10-21(19)24/h3-16H,1-2H3. The van der Waals surface area contributed by atoms with Crippen molar-refractivity contribution in [3.8, 4) is 22.9 Å². The van der Waals surface area contributed by atoms with Crippen molar-refractivity contribution in [1.29, 1.82) is 0 Å². The molecule has 0 N–H and O–H groups in total. The molecule has 0 aliphatic heterocycles. The molecule has 0 saturated carbocycles. The minimum absolute atomic E-state index is 0.518. The van der Waals surface area contributed by atoms with E-state index in [1.165, 1.54) is 11.1 Å². The molecule has 0 radical (unpaired) electrons. The molecule has 0 saturated heterocycles. The minimum atomic E-state index is 0.518. The van der Waals surface area contributed by atoms with E-state index in [0.29, 0.717) is 5.88 Å². The summed E-state index contributed by atoms with van der Waals surface area (Å²) in [5.74, 6) is 1.30. The summed E-state index contributed by atoms with van der Waals surface area (Å²) in [4.78, 5) is 0. The molecule has 0 bridgehead atoms. The minimum Gasteiger partial charge on any atom is -0.436 e. The molecule has 1 heterocycles. The van der Waals surface area contributed by atoms with E-state index in [-0.39, 0.29) is 0 Å². The highest BCUT2D eigenvalue weighted by molar-refractivity contribution is 5.97. The highest BCUT2D eigenvalue weighted by Gasteiger charge is 2.14. The smallest absolute Gasteiger partial charge is 0.246 e. The zero-order valence-corrected chi connectivity index (χ0v) is 16.4. The van der Waals surface area contributed by atoms with Crippen LogP contribution in [0.2, 0.25) is 0 Å². The molecule has 0 aliphatic carbocycles. The normalized spacial score (nSPS) is 11.1. The topological polar surface area (TPSA) is 35.0 Å². The van der Waals surface area contributed by atoms with Crippen LogP contribution in [0, 0.1) is 13.8 Å². The summed E-state index contributed by atoms with van der Waals surface area (Å²) in [6.45, 7) is 4.23. The third kappa shape index (κ3) is 3.11. The Hall–Kier alpha value is -3.72. The molecular weight excluding hydrogens is 356 g/mol. The van der Waals surface area contributed by atoms with E-state index in [9.17, 15) is 0 Å². The summed E-state index contributed by atoms with van der Waals surface area (Å²) in [5.41, 5.74) is 4.44. The monoisotopic (exact) mass is 376 g/mol. The van der Waals surface area contributed by atoms with Gasteiger partial charge in [-0.25, -0.2) is 0 Å². The first-order chi connectivity index (χ1) is 14.2. The van der Waals surface area contributed by atoms with Gasteiger partial charge in [-0.05, 0) is 48.6 Å². The number of ether oxygens (including phenoxy) is 1. The molecule has 0 unspecified atom stereocenters. The number of hydrogen-bond acceptors (Lipinski definition) is 3. The van der Waals surface area contributed by atoms with Crippen molar-refractivity contribution in [2.75, 3.05) is 0 Å². The number of fused-ring (bicyclic) bond motifs is 2. The van der Waals surface area contributed by atoms with Gasteiger partial charge in [-0.15, -0.1) is 10.2 Å². The second-order valence-electron chi connectivity index (χ2n) is 7.28. The summed E-state index contributed by atoms with van der Waals surface area (Å²) in [5, 5.41) is 13.2. The second kappa shape index (κ2) is 7.02. The fourth-order valence-corrected chi connectivity index (χ4v) is 3.65. The molecule has 29 heavy (non-hydrogen) atoms. The average molecular weight is 376 g/mol.